The molecular weight excluding hydrogens is 362 g/mol. The number of benzene rings is 1. The van der Waals surface area contributed by atoms with Crippen LogP contribution in [0.5, 0.6) is 0 Å². The van der Waals surface area contributed by atoms with Gasteiger partial charge in [-0.25, -0.2) is 4.79 Å². The van der Waals surface area contributed by atoms with E-state index in [2.05, 4.69) is 10.7 Å². The molecule has 0 unspecified atom stereocenters. The quantitative estimate of drug-likeness (QED) is 0.609. The smallest absolute Gasteiger partial charge is 0.344 e. The highest BCUT2D eigenvalue weighted by Gasteiger charge is 2.48. The van der Waals surface area contributed by atoms with Crippen LogP contribution in [0.1, 0.15) is 18.9 Å². The van der Waals surface area contributed by atoms with Crippen molar-refractivity contribution >= 4 is 23.8 Å². The number of aryl methyl sites for hydroxylation is 1. The summed E-state index contributed by atoms with van der Waals surface area (Å²) in [5.41, 5.74) is 2.30. The van der Waals surface area contributed by atoms with E-state index in [9.17, 15) is 19.2 Å². The summed E-state index contributed by atoms with van der Waals surface area (Å²) < 4.78 is 0. The highest BCUT2D eigenvalue weighted by Crippen LogP contribution is 2.22. The summed E-state index contributed by atoms with van der Waals surface area (Å²) in [7, 11) is 4.86. The Kier molecular flexibility index (Phi) is 6.74. The van der Waals surface area contributed by atoms with Gasteiger partial charge in [-0.2, -0.15) is 5.01 Å². The van der Waals surface area contributed by atoms with E-state index < -0.39 is 23.4 Å². The second kappa shape index (κ2) is 8.83. The Morgan fingerprint density at radius 2 is 1.75 bits per heavy atom. The fourth-order valence-corrected chi connectivity index (χ4v) is 2.83. The zero-order valence-electron chi connectivity index (χ0n) is 16.7. The average molecular weight is 389 g/mol. The van der Waals surface area contributed by atoms with Crippen LogP contribution in [0.3, 0.4) is 0 Å². The molecule has 0 spiro atoms. The fraction of sp³-hybridized carbons (Fsp3) is 0.474. The van der Waals surface area contributed by atoms with Gasteiger partial charge in [0.05, 0.1) is 13.1 Å². The van der Waals surface area contributed by atoms with Gasteiger partial charge in [-0.3, -0.25) is 24.7 Å². The van der Waals surface area contributed by atoms with Gasteiger partial charge in [0.2, 0.25) is 5.91 Å². The largest absolute Gasteiger partial charge is 0.348 e. The Morgan fingerprint density at radius 1 is 1.11 bits per heavy atom. The maximum Gasteiger partial charge on any atom is 0.344 e. The van der Waals surface area contributed by atoms with E-state index in [1.165, 1.54) is 9.80 Å². The number of hydrogen-bond donors (Lipinski definition) is 2. The summed E-state index contributed by atoms with van der Waals surface area (Å²) in [6.07, 6.45) is 1.02. The monoisotopic (exact) mass is 389 g/mol. The molecule has 0 radical (unpaired) electrons. The molecule has 9 heteroatoms. The van der Waals surface area contributed by atoms with Gasteiger partial charge >= 0.3 is 6.03 Å². The molecule has 1 fully saturated rings. The van der Waals surface area contributed by atoms with Gasteiger partial charge in [-0.05, 0) is 32.4 Å². The molecule has 1 atom stereocenters. The minimum atomic E-state index is -1.09. The van der Waals surface area contributed by atoms with Gasteiger partial charge in [0.1, 0.15) is 5.54 Å². The second-order valence-electron chi connectivity index (χ2n) is 7.38. The van der Waals surface area contributed by atoms with Crippen LogP contribution in [-0.4, -0.2) is 78.3 Å². The van der Waals surface area contributed by atoms with E-state index >= 15 is 0 Å². The highest BCUT2D eigenvalue weighted by molar-refractivity contribution is 6.07. The SMILES string of the molecule is CN(CC(=O)NN1C(=O)N[C@](C)(CCc2ccccc2)C1=O)CC(=O)N(C)C. The zero-order valence-corrected chi connectivity index (χ0v) is 16.7. The molecule has 0 bridgehead atoms. The van der Waals surface area contributed by atoms with Gasteiger partial charge in [0.15, 0.2) is 0 Å². The van der Waals surface area contributed by atoms with E-state index in [0.717, 1.165) is 10.6 Å². The number of likely N-dealkylation sites (N-methyl/N-ethyl adjacent to an activating group) is 2. The topological polar surface area (TPSA) is 102 Å². The molecule has 152 valence electrons. The fourth-order valence-electron chi connectivity index (χ4n) is 2.83. The molecule has 1 aliphatic rings. The lowest BCUT2D eigenvalue weighted by atomic mass is 9.93. The van der Waals surface area contributed by atoms with E-state index in [1.807, 2.05) is 30.3 Å². The molecule has 1 aromatic carbocycles. The summed E-state index contributed by atoms with van der Waals surface area (Å²) in [6, 6.07) is 8.98. The van der Waals surface area contributed by atoms with E-state index in [4.69, 9.17) is 0 Å². The number of nitrogens with one attached hydrogen (secondary N) is 2. The number of carbonyl (C=O) groups excluding carboxylic acids is 4. The molecule has 0 aliphatic carbocycles. The summed E-state index contributed by atoms with van der Waals surface area (Å²) in [5.74, 6) is -1.21. The molecule has 0 saturated carbocycles. The Balaban J connectivity index is 1.91. The van der Waals surface area contributed by atoms with E-state index in [0.29, 0.717) is 12.8 Å². The lowest BCUT2D eigenvalue weighted by Crippen LogP contribution is -2.51. The summed E-state index contributed by atoms with van der Waals surface area (Å²) >= 11 is 0. The first-order valence-electron chi connectivity index (χ1n) is 9.01. The molecule has 2 rings (SSSR count). The van der Waals surface area contributed by atoms with Gasteiger partial charge in [0.25, 0.3) is 11.8 Å². The van der Waals surface area contributed by atoms with Gasteiger partial charge < -0.3 is 10.2 Å². The molecule has 1 aliphatic heterocycles. The van der Waals surface area contributed by atoms with Crippen molar-refractivity contribution < 1.29 is 19.2 Å². The third-order valence-electron chi connectivity index (χ3n) is 4.57. The van der Waals surface area contributed by atoms with Crippen molar-refractivity contribution in [3.8, 4) is 0 Å². The van der Waals surface area contributed by atoms with Crippen molar-refractivity contribution in [2.75, 3.05) is 34.2 Å². The van der Waals surface area contributed by atoms with Gasteiger partial charge in [-0.15, -0.1) is 0 Å². The molecule has 2 N–H and O–H groups in total. The number of imide groups is 1. The average Bonchev–Trinajstić information content (AvgIpc) is 2.84. The molecule has 1 aromatic rings. The van der Waals surface area contributed by atoms with Crippen LogP contribution < -0.4 is 10.7 Å². The Morgan fingerprint density at radius 3 is 2.36 bits per heavy atom. The lowest BCUT2D eigenvalue weighted by molar-refractivity contribution is -0.139. The first-order chi connectivity index (χ1) is 13.1. The minimum Gasteiger partial charge on any atom is -0.348 e. The van der Waals surface area contributed by atoms with Crippen molar-refractivity contribution in [1.82, 2.24) is 25.6 Å². The second-order valence-corrected chi connectivity index (χ2v) is 7.38. The minimum absolute atomic E-state index is 0.0509. The molecule has 9 nitrogen and oxygen atoms in total. The molecular formula is C19H27N5O4. The van der Waals surface area contributed by atoms with Crippen LogP contribution in [0.15, 0.2) is 30.3 Å². The van der Waals surface area contributed by atoms with Crippen LogP contribution in [0.25, 0.3) is 0 Å². The first-order valence-corrected chi connectivity index (χ1v) is 9.01. The molecule has 1 saturated heterocycles. The van der Waals surface area contributed by atoms with Crippen LogP contribution in [0, 0.1) is 0 Å². The maximum absolute atomic E-state index is 12.7. The number of amides is 5. The van der Waals surface area contributed by atoms with Crippen molar-refractivity contribution in [2.24, 2.45) is 0 Å². The van der Waals surface area contributed by atoms with Crippen molar-refractivity contribution in [2.45, 2.75) is 25.3 Å². The Bertz CT molecular complexity index is 752. The third kappa shape index (κ3) is 5.29. The lowest BCUT2D eigenvalue weighted by Gasteiger charge is -2.22. The zero-order chi connectivity index (χ0) is 20.9. The predicted molar refractivity (Wildman–Crippen MR) is 103 cm³/mol. The van der Waals surface area contributed by atoms with Crippen molar-refractivity contribution in [3.05, 3.63) is 35.9 Å². The molecule has 0 aromatic heterocycles. The first kappa shape index (κ1) is 21.4. The third-order valence-corrected chi connectivity index (χ3v) is 4.57. The van der Waals surface area contributed by atoms with Crippen molar-refractivity contribution in [1.29, 1.82) is 0 Å². The van der Waals surface area contributed by atoms with Crippen molar-refractivity contribution in [3.63, 3.8) is 0 Å². The number of hydrazine groups is 1. The van der Waals surface area contributed by atoms with Crippen LogP contribution in [-0.2, 0) is 20.8 Å². The number of nitrogens with zero attached hydrogens (tertiary/aromatic N) is 3. The standard InChI is InChI=1S/C19H27N5O4/c1-19(11-10-14-8-6-5-7-9-14)17(27)24(18(28)20-19)21-15(25)12-23(4)13-16(26)22(2)3/h5-9H,10-13H2,1-4H3,(H,20,28)(H,21,25)/t19-/m1/s1. The van der Waals surface area contributed by atoms with E-state index in [-0.39, 0.29) is 19.0 Å². The normalized spacial score (nSPS) is 19.0. The number of hydrogen-bond acceptors (Lipinski definition) is 5. The van der Waals surface area contributed by atoms with Crippen LogP contribution >= 0.6 is 0 Å². The number of urea groups is 1. The predicted octanol–water partition coefficient (Wildman–Crippen LogP) is -0.0191. The summed E-state index contributed by atoms with van der Waals surface area (Å²) in [6.45, 7) is 1.57. The highest BCUT2D eigenvalue weighted by atomic mass is 16.2. The van der Waals surface area contributed by atoms with Crippen LogP contribution in [0.2, 0.25) is 0 Å². The van der Waals surface area contributed by atoms with Gasteiger partial charge in [0, 0.05) is 14.1 Å². The molecule has 28 heavy (non-hydrogen) atoms. The number of carbonyl (C=O) groups is 4. The maximum atomic E-state index is 12.7. The van der Waals surface area contributed by atoms with Gasteiger partial charge in [-0.1, -0.05) is 30.3 Å². The Hall–Kier alpha value is -2.94. The van der Waals surface area contributed by atoms with Crippen LogP contribution in [0.4, 0.5) is 4.79 Å². The summed E-state index contributed by atoms with van der Waals surface area (Å²) in [5, 5.41) is 3.37. The van der Waals surface area contributed by atoms with E-state index in [1.54, 1.807) is 28.1 Å². The Labute approximate surface area is 164 Å². The number of rotatable bonds is 8. The molecule has 5 amide bonds. The molecule has 1 heterocycles. The summed E-state index contributed by atoms with van der Waals surface area (Å²) in [4.78, 5) is 51.7.